The fourth-order valence-corrected chi connectivity index (χ4v) is 2.49. The van der Waals surface area contributed by atoms with Gasteiger partial charge in [0.1, 0.15) is 6.61 Å². The highest BCUT2D eigenvalue weighted by Crippen LogP contribution is 2.01. The lowest BCUT2D eigenvalue weighted by molar-refractivity contribution is -0.146. The number of esters is 1. The third-order valence-electron chi connectivity index (χ3n) is 4.26. The molecule has 0 heterocycles. The van der Waals surface area contributed by atoms with E-state index in [1.54, 1.807) is 0 Å². The quantitative estimate of drug-likeness (QED) is 0.139. The summed E-state index contributed by atoms with van der Waals surface area (Å²) in [7, 11) is 0. The molecule has 0 amide bonds. The van der Waals surface area contributed by atoms with Gasteiger partial charge in [-0.3, -0.25) is 9.59 Å². The summed E-state index contributed by atoms with van der Waals surface area (Å²) in [5, 5.41) is 8.51. The summed E-state index contributed by atoms with van der Waals surface area (Å²) < 4.78 is 37.4. The second kappa shape index (κ2) is 26.9. The van der Waals surface area contributed by atoms with E-state index in [0.29, 0.717) is 85.5 Å². The molecule has 196 valence electrons. The molecule has 0 saturated carbocycles. The van der Waals surface area contributed by atoms with Crippen molar-refractivity contribution >= 4 is 11.9 Å². The summed E-state index contributed by atoms with van der Waals surface area (Å²) in [6, 6.07) is 0. The standard InChI is InChI=1S/C23H44O10/c1-2-3-6-9-27-10-11-28-12-13-29-14-15-30-16-17-31-18-19-32-20-21-33-23(26)8-5-4-7-22(24)25/h2-21H2,1H3,(H,24,25). The predicted molar refractivity (Wildman–Crippen MR) is 122 cm³/mol. The molecule has 10 heteroatoms. The van der Waals surface area contributed by atoms with Crippen LogP contribution in [0.25, 0.3) is 0 Å². The third kappa shape index (κ3) is 28.7. The average Bonchev–Trinajstić information content (AvgIpc) is 2.80. The molecule has 33 heavy (non-hydrogen) atoms. The van der Waals surface area contributed by atoms with Crippen molar-refractivity contribution in [2.45, 2.75) is 51.9 Å². The lowest BCUT2D eigenvalue weighted by Gasteiger charge is -2.08. The van der Waals surface area contributed by atoms with E-state index in [-0.39, 0.29) is 25.4 Å². The van der Waals surface area contributed by atoms with E-state index in [2.05, 4.69) is 6.92 Å². The fraction of sp³-hybridized carbons (Fsp3) is 0.913. The van der Waals surface area contributed by atoms with Gasteiger partial charge in [0.05, 0.1) is 72.7 Å². The maximum Gasteiger partial charge on any atom is 0.305 e. The number of hydrogen-bond donors (Lipinski definition) is 1. The third-order valence-corrected chi connectivity index (χ3v) is 4.26. The summed E-state index contributed by atoms with van der Waals surface area (Å²) in [5.74, 6) is -1.19. The van der Waals surface area contributed by atoms with Crippen LogP contribution in [-0.2, 0) is 42.7 Å². The molecule has 10 nitrogen and oxygen atoms in total. The van der Waals surface area contributed by atoms with Gasteiger partial charge < -0.3 is 38.3 Å². The maximum absolute atomic E-state index is 11.4. The molecule has 0 aromatic carbocycles. The molecule has 0 radical (unpaired) electrons. The summed E-state index contributed by atoms with van der Waals surface area (Å²) in [4.78, 5) is 21.8. The van der Waals surface area contributed by atoms with Crippen LogP contribution in [0, 0.1) is 0 Å². The molecule has 0 aromatic rings. The van der Waals surface area contributed by atoms with Crippen LogP contribution in [0.5, 0.6) is 0 Å². The first kappa shape index (κ1) is 31.7. The Morgan fingerprint density at radius 2 is 0.909 bits per heavy atom. The van der Waals surface area contributed by atoms with E-state index < -0.39 is 5.97 Å². The second-order valence-corrected chi connectivity index (χ2v) is 7.20. The molecule has 0 rings (SSSR count). The first-order chi connectivity index (χ1) is 16.2. The average molecular weight is 481 g/mol. The van der Waals surface area contributed by atoms with E-state index in [9.17, 15) is 9.59 Å². The topological polar surface area (TPSA) is 119 Å². The van der Waals surface area contributed by atoms with Crippen molar-refractivity contribution in [1.82, 2.24) is 0 Å². The van der Waals surface area contributed by atoms with Gasteiger partial charge in [-0.25, -0.2) is 0 Å². The number of carbonyl (C=O) groups is 2. The normalized spacial score (nSPS) is 11.1. The molecule has 0 saturated heterocycles. The van der Waals surface area contributed by atoms with Crippen LogP contribution in [0.2, 0.25) is 0 Å². The van der Waals surface area contributed by atoms with Gasteiger partial charge in [-0.15, -0.1) is 0 Å². The van der Waals surface area contributed by atoms with Gasteiger partial charge in [-0.1, -0.05) is 19.8 Å². The Hall–Kier alpha value is -1.30. The van der Waals surface area contributed by atoms with E-state index in [1.807, 2.05) is 0 Å². The van der Waals surface area contributed by atoms with Crippen LogP contribution in [0.15, 0.2) is 0 Å². The molecule has 0 aromatic heterocycles. The number of carbonyl (C=O) groups excluding carboxylic acids is 1. The highest BCUT2D eigenvalue weighted by molar-refractivity contribution is 5.69. The maximum atomic E-state index is 11.4. The van der Waals surface area contributed by atoms with Crippen molar-refractivity contribution in [2.75, 3.05) is 85.9 Å². The van der Waals surface area contributed by atoms with Crippen LogP contribution in [0.3, 0.4) is 0 Å². The van der Waals surface area contributed by atoms with Gasteiger partial charge in [0.2, 0.25) is 0 Å². The largest absolute Gasteiger partial charge is 0.481 e. The van der Waals surface area contributed by atoms with Crippen molar-refractivity contribution in [2.24, 2.45) is 0 Å². The molecule has 0 fully saturated rings. The van der Waals surface area contributed by atoms with Crippen LogP contribution < -0.4 is 0 Å². The first-order valence-corrected chi connectivity index (χ1v) is 12.0. The van der Waals surface area contributed by atoms with Crippen molar-refractivity contribution in [3.05, 3.63) is 0 Å². The molecule has 0 aliphatic rings. The zero-order valence-corrected chi connectivity index (χ0v) is 20.3. The molecule has 0 aliphatic carbocycles. The molecular formula is C23H44O10. The highest BCUT2D eigenvalue weighted by Gasteiger charge is 2.04. The Morgan fingerprint density at radius 1 is 0.515 bits per heavy atom. The summed E-state index contributed by atoms with van der Waals surface area (Å²) in [5.41, 5.74) is 0. The van der Waals surface area contributed by atoms with Gasteiger partial charge in [0.25, 0.3) is 0 Å². The predicted octanol–water partition coefficient (Wildman–Crippen LogP) is 2.46. The number of hydrogen-bond acceptors (Lipinski definition) is 9. The van der Waals surface area contributed by atoms with Crippen LogP contribution in [0.4, 0.5) is 0 Å². The number of carboxylic acid groups (broad SMARTS) is 1. The summed E-state index contributed by atoms with van der Waals surface area (Å²) >= 11 is 0. The van der Waals surface area contributed by atoms with Crippen molar-refractivity contribution in [3.8, 4) is 0 Å². The van der Waals surface area contributed by atoms with Gasteiger partial charge >= 0.3 is 11.9 Å². The van der Waals surface area contributed by atoms with Gasteiger partial charge in [-0.2, -0.15) is 0 Å². The fourth-order valence-electron chi connectivity index (χ4n) is 2.49. The minimum absolute atomic E-state index is 0.0700. The Balaban J connectivity index is 3.10. The lowest BCUT2D eigenvalue weighted by atomic mass is 10.2. The molecule has 0 bridgehead atoms. The SMILES string of the molecule is CCCCCOCCOCCOCCOCCOCCOCCOC(=O)CCCCC(=O)O. The van der Waals surface area contributed by atoms with Gasteiger partial charge in [0.15, 0.2) is 0 Å². The minimum Gasteiger partial charge on any atom is -0.481 e. The number of rotatable bonds is 27. The van der Waals surface area contributed by atoms with Crippen molar-refractivity contribution in [3.63, 3.8) is 0 Å². The summed E-state index contributed by atoms with van der Waals surface area (Å²) in [6.07, 6.45) is 4.80. The number of unbranched alkanes of at least 4 members (excludes halogenated alkanes) is 3. The van der Waals surface area contributed by atoms with E-state index in [4.69, 9.17) is 38.3 Å². The van der Waals surface area contributed by atoms with E-state index in [1.165, 1.54) is 12.8 Å². The lowest BCUT2D eigenvalue weighted by Crippen LogP contribution is -2.15. The van der Waals surface area contributed by atoms with Crippen LogP contribution in [-0.4, -0.2) is 103 Å². The molecular weight excluding hydrogens is 436 g/mol. The Morgan fingerprint density at radius 3 is 1.33 bits per heavy atom. The Kier molecular flexibility index (Phi) is 25.9. The Labute approximate surface area is 198 Å². The molecule has 0 aliphatic heterocycles. The monoisotopic (exact) mass is 480 g/mol. The number of ether oxygens (including phenoxy) is 7. The summed E-state index contributed by atoms with van der Waals surface area (Å²) in [6.45, 7) is 8.56. The van der Waals surface area contributed by atoms with Gasteiger partial charge in [-0.05, 0) is 19.3 Å². The Bertz CT molecular complexity index is 433. The molecule has 0 atom stereocenters. The minimum atomic E-state index is -0.855. The van der Waals surface area contributed by atoms with E-state index >= 15 is 0 Å². The highest BCUT2D eigenvalue weighted by atomic mass is 16.6. The second-order valence-electron chi connectivity index (χ2n) is 7.20. The zero-order valence-electron chi connectivity index (χ0n) is 20.3. The molecule has 0 unspecified atom stereocenters. The first-order valence-electron chi connectivity index (χ1n) is 12.0. The van der Waals surface area contributed by atoms with Crippen LogP contribution in [0.1, 0.15) is 51.9 Å². The number of carboxylic acids is 1. The zero-order chi connectivity index (χ0) is 24.2. The van der Waals surface area contributed by atoms with Crippen LogP contribution >= 0.6 is 0 Å². The molecule has 0 spiro atoms. The number of aliphatic carboxylic acids is 1. The van der Waals surface area contributed by atoms with Crippen molar-refractivity contribution in [1.29, 1.82) is 0 Å². The van der Waals surface area contributed by atoms with E-state index in [0.717, 1.165) is 13.0 Å². The van der Waals surface area contributed by atoms with Gasteiger partial charge in [0, 0.05) is 19.4 Å². The molecule has 1 N–H and O–H groups in total. The smallest absolute Gasteiger partial charge is 0.305 e. The van der Waals surface area contributed by atoms with Crippen molar-refractivity contribution < 1.29 is 47.9 Å².